The molecule has 0 spiro atoms. The van der Waals surface area contributed by atoms with Crippen molar-refractivity contribution in [1.29, 1.82) is 0 Å². The highest BCUT2D eigenvalue weighted by molar-refractivity contribution is 5.91. The van der Waals surface area contributed by atoms with Crippen molar-refractivity contribution in [2.45, 2.75) is 18.9 Å². The molecule has 1 saturated heterocycles. The van der Waals surface area contributed by atoms with Gasteiger partial charge >= 0.3 is 0 Å². The molecule has 3 nitrogen and oxygen atoms in total. The lowest BCUT2D eigenvalue weighted by Crippen LogP contribution is -2.39. The number of hydrogen-bond donors (Lipinski definition) is 1. The van der Waals surface area contributed by atoms with Crippen molar-refractivity contribution < 1.29 is 8.78 Å². The molecule has 0 atom stereocenters. The van der Waals surface area contributed by atoms with Crippen LogP contribution in [0.3, 0.4) is 0 Å². The number of nitrogens with zero attached hydrogens (tertiary/aromatic N) is 2. The second kappa shape index (κ2) is 6.67. The molecule has 0 aliphatic carbocycles. The zero-order chi connectivity index (χ0) is 17.2. The molecular formula is C20H19F2N3. The van der Waals surface area contributed by atoms with E-state index in [1.165, 1.54) is 18.2 Å². The van der Waals surface area contributed by atoms with Crippen molar-refractivity contribution in [3.63, 3.8) is 0 Å². The first-order valence-electron chi connectivity index (χ1n) is 8.51. The molecule has 5 heteroatoms. The Morgan fingerprint density at radius 2 is 1.80 bits per heavy atom. The predicted octanol–water partition coefficient (Wildman–Crippen LogP) is 4.59. The third-order valence-corrected chi connectivity index (χ3v) is 4.75. The summed E-state index contributed by atoms with van der Waals surface area (Å²) < 4.78 is 27.2. The summed E-state index contributed by atoms with van der Waals surface area (Å²) in [5.74, 6) is -0.489. The van der Waals surface area contributed by atoms with Crippen LogP contribution < -0.4 is 10.2 Å². The summed E-state index contributed by atoms with van der Waals surface area (Å²) in [6, 6.07) is 13.7. The highest BCUT2D eigenvalue weighted by atomic mass is 19.1. The normalized spacial score (nSPS) is 15.5. The summed E-state index contributed by atoms with van der Waals surface area (Å²) in [4.78, 5) is 6.55. The zero-order valence-electron chi connectivity index (χ0n) is 13.8. The molecule has 4 rings (SSSR count). The topological polar surface area (TPSA) is 28.2 Å². The minimum absolute atomic E-state index is 0.216. The van der Waals surface area contributed by atoms with Gasteiger partial charge < -0.3 is 10.2 Å². The number of pyridine rings is 1. The molecule has 128 valence electrons. The zero-order valence-corrected chi connectivity index (χ0v) is 13.8. The molecule has 0 radical (unpaired) electrons. The van der Waals surface area contributed by atoms with E-state index in [1.807, 2.05) is 12.1 Å². The van der Waals surface area contributed by atoms with Crippen LogP contribution in [0.2, 0.25) is 0 Å². The van der Waals surface area contributed by atoms with Crippen LogP contribution in [0.5, 0.6) is 0 Å². The molecular weight excluding hydrogens is 320 g/mol. The Kier molecular flexibility index (Phi) is 4.22. The Hall–Kier alpha value is -2.69. The van der Waals surface area contributed by atoms with Crippen molar-refractivity contribution in [3.05, 3.63) is 66.4 Å². The van der Waals surface area contributed by atoms with Gasteiger partial charge in [-0.05, 0) is 43.2 Å². The Morgan fingerprint density at radius 3 is 2.60 bits per heavy atom. The van der Waals surface area contributed by atoms with Gasteiger partial charge in [0.05, 0.1) is 11.2 Å². The second-order valence-corrected chi connectivity index (χ2v) is 6.38. The van der Waals surface area contributed by atoms with Crippen LogP contribution in [0.4, 0.5) is 20.2 Å². The van der Waals surface area contributed by atoms with Gasteiger partial charge in [0.15, 0.2) is 0 Å². The lowest BCUT2D eigenvalue weighted by Gasteiger charge is -2.35. The van der Waals surface area contributed by atoms with Crippen LogP contribution in [0, 0.1) is 11.6 Å². The fraction of sp³-hybridized carbons (Fsp3) is 0.250. The molecule has 2 aromatic carbocycles. The molecule has 2 heterocycles. The summed E-state index contributed by atoms with van der Waals surface area (Å²) in [5.41, 5.74) is 2.31. The third kappa shape index (κ3) is 3.27. The number of nitrogens with one attached hydrogen (secondary N) is 1. The van der Waals surface area contributed by atoms with E-state index < -0.39 is 0 Å². The number of fused-ring (bicyclic) bond motifs is 1. The van der Waals surface area contributed by atoms with Gasteiger partial charge in [0, 0.05) is 42.5 Å². The number of anilines is 2. The summed E-state index contributed by atoms with van der Waals surface area (Å²) in [7, 11) is 0. The number of benzene rings is 2. The molecule has 1 aliphatic heterocycles. The number of halogens is 2. The fourth-order valence-electron chi connectivity index (χ4n) is 3.44. The minimum atomic E-state index is -0.273. The average Bonchev–Trinajstić information content (AvgIpc) is 2.63. The quantitative estimate of drug-likeness (QED) is 0.756. The highest BCUT2D eigenvalue weighted by Gasteiger charge is 2.21. The lowest BCUT2D eigenvalue weighted by atomic mass is 10.0. The van der Waals surface area contributed by atoms with E-state index in [0.717, 1.165) is 37.0 Å². The molecule has 1 N–H and O–H groups in total. The average molecular weight is 339 g/mol. The summed E-state index contributed by atoms with van der Waals surface area (Å²) in [6.45, 7) is 1.73. The maximum absolute atomic E-state index is 13.8. The van der Waals surface area contributed by atoms with E-state index in [-0.39, 0.29) is 17.7 Å². The largest absolute Gasteiger partial charge is 0.380 e. The Bertz CT molecular complexity index is 889. The molecule has 0 amide bonds. The van der Waals surface area contributed by atoms with Crippen LogP contribution >= 0.6 is 0 Å². The van der Waals surface area contributed by atoms with Gasteiger partial charge in [0.25, 0.3) is 0 Å². The first-order chi connectivity index (χ1) is 12.2. The van der Waals surface area contributed by atoms with Crippen LogP contribution in [-0.2, 0) is 0 Å². The van der Waals surface area contributed by atoms with Gasteiger partial charge in [-0.1, -0.05) is 12.1 Å². The molecule has 0 saturated carbocycles. The van der Waals surface area contributed by atoms with Gasteiger partial charge in [-0.25, -0.2) is 8.78 Å². The highest BCUT2D eigenvalue weighted by Crippen LogP contribution is 2.29. The van der Waals surface area contributed by atoms with Gasteiger partial charge in [-0.2, -0.15) is 0 Å². The maximum Gasteiger partial charge on any atom is 0.146 e. The SMILES string of the molecule is Fc1ccc2c(N3CCC(Nc4ccccc4F)CC3)ccnc2c1. The smallest absolute Gasteiger partial charge is 0.146 e. The van der Waals surface area contributed by atoms with E-state index in [9.17, 15) is 8.78 Å². The predicted molar refractivity (Wildman–Crippen MR) is 97.0 cm³/mol. The first-order valence-corrected chi connectivity index (χ1v) is 8.51. The Morgan fingerprint density at radius 1 is 1.00 bits per heavy atom. The van der Waals surface area contributed by atoms with Crippen molar-refractivity contribution in [1.82, 2.24) is 4.98 Å². The van der Waals surface area contributed by atoms with Gasteiger partial charge in [0.2, 0.25) is 0 Å². The Balaban J connectivity index is 1.48. The van der Waals surface area contributed by atoms with Gasteiger partial charge in [0.1, 0.15) is 11.6 Å². The van der Waals surface area contributed by atoms with Crippen molar-refractivity contribution in [2.24, 2.45) is 0 Å². The minimum Gasteiger partial charge on any atom is -0.380 e. The van der Waals surface area contributed by atoms with Crippen molar-refractivity contribution in [2.75, 3.05) is 23.3 Å². The van der Waals surface area contributed by atoms with E-state index in [1.54, 1.807) is 24.4 Å². The molecule has 3 aromatic rings. The molecule has 0 unspecified atom stereocenters. The van der Waals surface area contributed by atoms with Crippen LogP contribution in [-0.4, -0.2) is 24.1 Å². The fourth-order valence-corrected chi connectivity index (χ4v) is 3.44. The monoisotopic (exact) mass is 339 g/mol. The van der Waals surface area contributed by atoms with E-state index in [0.29, 0.717) is 11.2 Å². The molecule has 1 fully saturated rings. The maximum atomic E-state index is 13.8. The third-order valence-electron chi connectivity index (χ3n) is 4.75. The molecule has 1 aliphatic rings. The Labute approximate surface area is 145 Å². The molecule has 0 bridgehead atoms. The lowest BCUT2D eigenvalue weighted by molar-refractivity contribution is 0.523. The van der Waals surface area contributed by atoms with E-state index >= 15 is 0 Å². The van der Waals surface area contributed by atoms with Crippen LogP contribution in [0.15, 0.2) is 54.7 Å². The molecule has 25 heavy (non-hydrogen) atoms. The van der Waals surface area contributed by atoms with E-state index in [4.69, 9.17) is 0 Å². The summed E-state index contributed by atoms with van der Waals surface area (Å²) >= 11 is 0. The molecule has 1 aromatic heterocycles. The first kappa shape index (κ1) is 15.8. The number of rotatable bonds is 3. The van der Waals surface area contributed by atoms with Gasteiger partial charge in [-0.3, -0.25) is 4.98 Å². The van der Waals surface area contributed by atoms with Crippen molar-refractivity contribution in [3.8, 4) is 0 Å². The number of aromatic nitrogens is 1. The standard InChI is InChI=1S/C20H19F2N3/c21-14-5-6-16-19(13-14)23-10-7-20(16)25-11-8-15(9-12-25)24-18-4-2-1-3-17(18)22/h1-7,10,13,15,24H,8-9,11-12H2. The summed E-state index contributed by atoms with van der Waals surface area (Å²) in [5, 5.41) is 4.26. The van der Waals surface area contributed by atoms with Crippen molar-refractivity contribution >= 4 is 22.3 Å². The summed E-state index contributed by atoms with van der Waals surface area (Å²) in [6.07, 6.45) is 3.56. The van der Waals surface area contributed by atoms with Crippen LogP contribution in [0.1, 0.15) is 12.8 Å². The van der Waals surface area contributed by atoms with Gasteiger partial charge in [-0.15, -0.1) is 0 Å². The number of para-hydroxylation sites is 1. The second-order valence-electron chi connectivity index (χ2n) is 6.38. The van der Waals surface area contributed by atoms with Crippen LogP contribution in [0.25, 0.3) is 10.9 Å². The number of piperidine rings is 1. The number of hydrogen-bond acceptors (Lipinski definition) is 3. The van der Waals surface area contributed by atoms with E-state index in [2.05, 4.69) is 15.2 Å².